The summed E-state index contributed by atoms with van der Waals surface area (Å²) in [6, 6.07) is 7.09. The molecule has 0 saturated heterocycles. The quantitative estimate of drug-likeness (QED) is 0.781. The lowest BCUT2D eigenvalue weighted by atomic mass is 10.2. The molecule has 0 atom stereocenters. The zero-order valence-corrected chi connectivity index (χ0v) is 8.05. The SMILES string of the molecule is Oc1cccc(CNCc2ncon2)c1. The van der Waals surface area contributed by atoms with Gasteiger partial charge in [-0.05, 0) is 17.7 Å². The van der Waals surface area contributed by atoms with Gasteiger partial charge in [0.25, 0.3) is 0 Å². The maximum atomic E-state index is 9.23. The first kappa shape index (κ1) is 9.67. The van der Waals surface area contributed by atoms with E-state index < -0.39 is 0 Å². The van der Waals surface area contributed by atoms with Gasteiger partial charge in [-0.3, -0.25) is 0 Å². The second kappa shape index (κ2) is 4.56. The molecule has 2 rings (SSSR count). The van der Waals surface area contributed by atoms with E-state index in [9.17, 15) is 5.11 Å². The highest BCUT2D eigenvalue weighted by Crippen LogP contribution is 2.10. The molecule has 2 N–H and O–H groups in total. The van der Waals surface area contributed by atoms with Gasteiger partial charge >= 0.3 is 0 Å². The molecule has 0 bridgehead atoms. The zero-order valence-electron chi connectivity index (χ0n) is 8.05. The third-order valence-corrected chi connectivity index (χ3v) is 1.93. The number of benzene rings is 1. The number of hydrogen-bond donors (Lipinski definition) is 2. The summed E-state index contributed by atoms with van der Waals surface area (Å²) in [5, 5.41) is 16.0. The summed E-state index contributed by atoms with van der Waals surface area (Å²) in [6.07, 6.45) is 1.30. The summed E-state index contributed by atoms with van der Waals surface area (Å²) in [4.78, 5) is 3.88. The maximum Gasteiger partial charge on any atom is 0.213 e. The number of nitrogens with one attached hydrogen (secondary N) is 1. The van der Waals surface area contributed by atoms with Crippen LogP contribution in [0.3, 0.4) is 0 Å². The van der Waals surface area contributed by atoms with E-state index in [4.69, 9.17) is 0 Å². The highest BCUT2D eigenvalue weighted by Gasteiger charge is 1.98. The third kappa shape index (κ3) is 2.78. The zero-order chi connectivity index (χ0) is 10.5. The molecule has 1 aromatic carbocycles. The Balaban J connectivity index is 1.83. The number of nitrogens with zero attached hydrogens (tertiary/aromatic N) is 2. The van der Waals surface area contributed by atoms with Gasteiger partial charge < -0.3 is 14.9 Å². The summed E-state index contributed by atoms with van der Waals surface area (Å²) in [5.41, 5.74) is 1.01. The van der Waals surface area contributed by atoms with Crippen molar-refractivity contribution in [2.45, 2.75) is 13.1 Å². The van der Waals surface area contributed by atoms with Gasteiger partial charge in [-0.2, -0.15) is 4.98 Å². The smallest absolute Gasteiger partial charge is 0.213 e. The first-order valence-electron chi connectivity index (χ1n) is 4.58. The molecule has 0 aliphatic carbocycles. The Morgan fingerprint density at radius 2 is 2.27 bits per heavy atom. The number of rotatable bonds is 4. The molecule has 0 amide bonds. The van der Waals surface area contributed by atoms with E-state index in [0.717, 1.165) is 5.56 Å². The van der Waals surface area contributed by atoms with Crippen LogP contribution in [-0.2, 0) is 13.1 Å². The van der Waals surface area contributed by atoms with Crippen molar-refractivity contribution < 1.29 is 9.63 Å². The Kier molecular flexibility index (Phi) is 2.94. The predicted octanol–water partition coefficient (Wildman–Crippen LogP) is 1.06. The second-order valence-electron chi connectivity index (χ2n) is 3.12. The van der Waals surface area contributed by atoms with Crippen molar-refractivity contribution in [3.8, 4) is 5.75 Å². The molecule has 0 unspecified atom stereocenters. The van der Waals surface area contributed by atoms with Crippen LogP contribution in [0.1, 0.15) is 11.4 Å². The van der Waals surface area contributed by atoms with E-state index in [2.05, 4.69) is 20.0 Å². The highest BCUT2D eigenvalue weighted by molar-refractivity contribution is 5.26. The van der Waals surface area contributed by atoms with E-state index in [1.807, 2.05) is 6.07 Å². The molecule has 0 saturated carbocycles. The van der Waals surface area contributed by atoms with Gasteiger partial charge in [0.1, 0.15) is 5.75 Å². The monoisotopic (exact) mass is 205 g/mol. The van der Waals surface area contributed by atoms with E-state index in [0.29, 0.717) is 18.9 Å². The topological polar surface area (TPSA) is 71.2 Å². The lowest BCUT2D eigenvalue weighted by Crippen LogP contribution is -2.13. The summed E-state index contributed by atoms with van der Waals surface area (Å²) in [6.45, 7) is 1.20. The summed E-state index contributed by atoms with van der Waals surface area (Å²) in [5.74, 6) is 0.893. The van der Waals surface area contributed by atoms with E-state index in [-0.39, 0.29) is 5.75 Å². The Morgan fingerprint density at radius 3 is 3.00 bits per heavy atom. The van der Waals surface area contributed by atoms with E-state index in [1.165, 1.54) is 6.39 Å². The Bertz CT molecular complexity index is 414. The molecule has 0 radical (unpaired) electrons. The van der Waals surface area contributed by atoms with Gasteiger partial charge in [0.15, 0.2) is 5.82 Å². The molecule has 0 fully saturated rings. The first-order valence-corrected chi connectivity index (χ1v) is 4.58. The van der Waals surface area contributed by atoms with Crippen LogP contribution in [0, 0.1) is 0 Å². The van der Waals surface area contributed by atoms with Gasteiger partial charge in [0.05, 0.1) is 6.54 Å². The van der Waals surface area contributed by atoms with Gasteiger partial charge in [-0.1, -0.05) is 17.3 Å². The van der Waals surface area contributed by atoms with E-state index in [1.54, 1.807) is 18.2 Å². The van der Waals surface area contributed by atoms with Crippen LogP contribution < -0.4 is 5.32 Å². The fourth-order valence-corrected chi connectivity index (χ4v) is 1.26. The minimum atomic E-state index is 0.272. The first-order chi connectivity index (χ1) is 7.34. The molecular formula is C10H11N3O2. The molecule has 15 heavy (non-hydrogen) atoms. The Hall–Kier alpha value is -1.88. The van der Waals surface area contributed by atoms with E-state index >= 15 is 0 Å². The van der Waals surface area contributed by atoms with Crippen LogP contribution in [0.2, 0.25) is 0 Å². The molecule has 5 heteroatoms. The minimum absolute atomic E-state index is 0.272. The van der Waals surface area contributed by atoms with Gasteiger partial charge in [0, 0.05) is 6.54 Å². The van der Waals surface area contributed by atoms with Crippen LogP contribution in [0.5, 0.6) is 5.75 Å². The number of aromatic hydroxyl groups is 1. The van der Waals surface area contributed by atoms with Crippen LogP contribution >= 0.6 is 0 Å². The summed E-state index contributed by atoms with van der Waals surface area (Å²) in [7, 11) is 0. The Labute approximate surface area is 86.7 Å². The largest absolute Gasteiger partial charge is 0.508 e. The van der Waals surface area contributed by atoms with Crippen LogP contribution in [0.25, 0.3) is 0 Å². The van der Waals surface area contributed by atoms with Crippen molar-refractivity contribution in [3.05, 3.63) is 42.0 Å². The van der Waals surface area contributed by atoms with Crippen LogP contribution in [0.4, 0.5) is 0 Å². The molecule has 0 aliphatic rings. The molecule has 1 aromatic heterocycles. The van der Waals surface area contributed by atoms with Crippen LogP contribution in [-0.4, -0.2) is 15.2 Å². The number of aromatic nitrogens is 2. The average molecular weight is 205 g/mol. The van der Waals surface area contributed by atoms with Crippen molar-refractivity contribution in [1.82, 2.24) is 15.5 Å². The number of phenolic OH excluding ortho intramolecular Hbond substituents is 1. The highest BCUT2D eigenvalue weighted by atomic mass is 16.5. The average Bonchev–Trinajstić information content (AvgIpc) is 2.71. The van der Waals surface area contributed by atoms with Crippen LogP contribution in [0.15, 0.2) is 35.2 Å². The van der Waals surface area contributed by atoms with Gasteiger partial charge in [-0.15, -0.1) is 0 Å². The molecule has 78 valence electrons. The fourth-order valence-electron chi connectivity index (χ4n) is 1.26. The van der Waals surface area contributed by atoms with Crippen molar-refractivity contribution in [2.24, 2.45) is 0 Å². The molecule has 5 nitrogen and oxygen atoms in total. The minimum Gasteiger partial charge on any atom is -0.508 e. The second-order valence-corrected chi connectivity index (χ2v) is 3.12. The molecule has 0 aliphatic heterocycles. The molecule has 0 spiro atoms. The lowest BCUT2D eigenvalue weighted by molar-refractivity contribution is 0.407. The summed E-state index contributed by atoms with van der Waals surface area (Å²) < 4.78 is 4.60. The van der Waals surface area contributed by atoms with Crippen molar-refractivity contribution in [2.75, 3.05) is 0 Å². The van der Waals surface area contributed by atoms with Gasteiger partial charge in [-0.25, -0.2) is 0 Å². The standard InChI is InChI=1S/C10H11N3O2/c14-9-3-1-2-8(4-9)5-11-6-10-12-7-15-13-10/h1-4,7,11,14H,5-6H2. The number of phenols is 1. The van der Waals surface area contributed by atoms with Crippen molar-refractivity contribution in [3.63, 3.8) is 0 Å². The molecular weight excluding hydrogens is 194 g/mol. The summed E-state index contributed by atoms with van der Waals surface area (Å²) >= 11 is 0. The van der Waals surface area contributed by atoms with Crippen molar-refractivity contribution >= 4 is 0 Å². The number of hydrogen-bond acceptors (Lipinski definition) is 5. The predicted molar refractivity (Wildman–Crippen MR) is 52.9 cm³/mol. The van der Waals surface area contributed by atoms with Gasteiger partial charge in [0.2, 0.25) is 6.39 Å². The maximum absolute atomic E-state index is 9.23. The Morgan fingerprint density at radius 1 is 1.33 bits per heavy atom. The molecule has 2 aromatic rings. The third-order valence-electron chi connectivity index (χ3n) is 1.93. The normalized spacial score (nSPS) is 10.4. The fraction of sp³-hybridized carbons (Fsp3) is 0.200. The molecule has 1 heterocycles. The van der Waals surface area contributed by atoms with Crippen molar-refractivity contribution in [1.29, 1.82) is 0 Å². The lowest BCUT2D eigenvalue weighted by Gasteiger charge is -2.02.